The van der Waals surface area contributed by atoms with Gasteiger partial charge in [-0.25, -0.2) is 4.79 Å². The molecule has 0 unspecified atom stereocenters. The molecule has 1 fully saturated rings. The molecule has 2 N–H and O–H groups in total. The van der Waals surface area contributed by atoms with Crippen molar-refractivity contribution in [2.45, 2.75) is 51.6 Å². The zero-order valence-corrected chi connectivity index (χ0v) is 23.7. The van der Waals surface area contributed by atoms with E-state index in [4.69, 9.17) is 4.52 Å². The number of nitrogens with one attached hydrogen (secondary N) is 1. The first-order valence-electron chi connectivity index (χ1n) is 14.4. The summed E-state index contributed by atoms with van der Waals surface area (Å²) in [6.45, 7) is 5.13. The number of benzene rings is 3. The number of carbonyl (C=O) groups excluding carboxylic acids is 2. The molecule has 0 bridgehead atoms. The summed E-state index contributed by atoms with van der Waals surface area (Å²) in [4.78, 5) is 40.2. The van der Waals surface area contributed by atoms with Gasteiger partial charge in [0.1, 0.15) is 5.56 Å². The van der Waals surface area contributed by atoms with Gasteiger partial charge in [0.25, 0.3) is 5.91 Å². The lowest BCUT2D eigenvalue weighted by Gasteiger charge is -2.32. The van der Waals surface area contributed by atoms with Crippen molar-refractivity contribution < 1.29 is 24.0 Å². The van der Waals surface area contributed by atoms with Crippen molar-refractivity contribution in [1.29, 1.82) is 0 Å². The van der Waals surface area contributed by atoms with Crippen molar-refractivity contribution >= 4 is 17.8 Å². The zero-order valence-electron chi connectivity index (χ0n) is 23.7. The lowest BCUT2D eigenvalue weighted by molar-refractivity contribution is -0.122. The molecule has 2 amide bonds. The second-order valence-electron chi connectivity index (χ2n) is 11.4. The van der Waals surface area contributed by atoms with Crippen molar-refractivity contribution in [3.63, 3.8) is 0 Å². The number of nitrogens with zero attached hydrogens (tertiary/aromatic N) is 2. The normalized spacial score (nSPS) is 17.5. The van der Waals surface area contributed by atoms with Crippen molar-refractivity contribution in [3.05, 3.63) is 112 Å². The summed E-state index contributed by atoms with van der Waals surface area (Å²) < 4.78 is 5.38. The fourth-order valence-electron chi connectivity index (χ4n) is 6.03. The van der Waals surface area contributed by atoms with Crippen LogP contribution >= 0.6 is 0 Å². The molecule has 6 rings (SSSR count). The fraction of sp³-hybridized carbons (Fsp3) is 0.294. The van der Waals surface area contributed by atoms with E-state index in [2.05, 4.69) is 22.6 Å². The van der Waals surface area contributed by atoms with Gasteiger partial charge < -0.3 is 19.8 Å². The fourth-order valence-corrected chi connectivity index (χ4v) is 6.03. The Kier molecular flexibility index (Phi) is 7.37. The molecule has 1 saturated carbocycles. The van der Waals surface area contributed by atoms with Crippen molar-refractivity contribution in [3.8, 4) is 11.1 Å². The van der Waals surface area contributed by atoms with Crippen molar-refractivity contribution in [2.24, 2.45) is 5.92 Å². The van der Waals surface area contributed by atoms with Gasteiger partial charge in [-0.15, -0.1) is 0 Å². The predicted molar refractivity (Wildman–Crippen MR) is 157 cm³/mol. The number of carboxylic acids is 1. The average Bonchev–Trinajstić information content (AvgIpc) is 3.66. The van der Waals surface area contributed by atoms with Gasteiger partial charge in [-0.2, -0.15) is 0 Å². The quantitative estimate of drug-likeness (QED) is 0.281. The van der Waals surface area contributed by atoms with E-state index in [9.17, 15) is 19.5 Å². The minimum absolute atomic E-state index is 0.0181. The molecular weight excluding hydrogens is 530 g/mol. The first-order chi connectivity index (χ1) is 20.3. The number of aromatic carboxylic acids is 1. The summed E-state index contributed by atoms with van der Waals surface area (Å²) in [6.07, 6.45) is 2.92. The minimum atomic E-state index is -0.981. The molecule has 214 valence electrons. The molecule has 2 atom stereocenters. The van der Waals surface area contributed by atoms with Crippen LogP contribution in [0.2, 0.25) is 0 Å². The van der Waals surface area contributed by atoms with E-state index >= 15 is 0 Å². The van der Waals surface area contributed by atoms with Crippen LogP contribution < -0.4 is 5.32 Å². The number of amides is 2. The Balaban J connectivity index is 1.29. The number of hydrogen-bond acceptors (Lipinski definition) is 5. The van der Waals surface area contributed by atoms with Crippen LogP contribution in [-0.2, 0) is 24.3 Å². The van der Waals surface area contributed by atoms with Crippen LogP contribution in [0, 0.1) is 5.92 Å². The van der Waals surface area contributed by atoms with Gasteiger partial charge >= 0.3 is 5.97 Å². The standard InChI is InChI=1S/C34H33N3O5/c1-20(2)31-29(18-36-42-31)33(39)37-14-13-26-25(22-9-6-10-23(15-22)34(40)41)12-11-24(30(26)19-37)17-35-32(38)28-16-27(28)21-7-4-3-5-8-21/h3-12,15,18,20,27-28H,13-14,16-17,19H2,1-2H3,(H,35,38)(H,40,41)/t27-,28+/m1/s1. The highest BCUT2D eigenvalue weighted by molar-refractivity contribution is 5.95. The van der Waals surface area contributed by atoms with Crippen LogP contribution in [0.15, 0.2) is 77.4 Å². The van der Waals surface area contributed by atoms with Crippen LogP contribution in [0.1, 0.15) is 80.8 Å². The Morgan fingerprint density at radius 2 is 1.86 bits per heavy atom. The van der Waals surface area contributed by atoms with Crippen molar-refractivity contribution in [2.75, 3.05) is 6.54 Å². The maximum atomic E-state index is 13.6. The number of carboxylic acid groups (broad SMARTS) is 1. The Labute approximate surface area is 244 Å². The number of carbonyl (C=O) groups is 3. The Morgan fingerprint density at radius 3 is 2.62 bits per heavy atom. The van der Waals surface area contributed by atoms with Gasteiger partial charge in [-0.3, -0.25) is 9.59 Å². The van der Waals surface area contributed by atoms with Crippen LogP contribution in [0.3, 0.4) is 0 Å². The number of fused-ring (bicyclic) bond motifs is 1. The lowest BCUT2D eigenvalue weighted by Crippen LogP contribution is -2.37. The predicted octanol–water partition coefficient (Wildman–Crippen LogP) is 5.78. The smallest absolute Gasteiger partial charge is 0.335 e. The molecule has 0 radical (unpaired) electrons. The third kappa shape index (κ3) is 5.32. The highest BCUT2D eigenvalue weighted by atomic mass is 16.5. The SMILES string of the molecule is CC(C)c1oncc1C(=O)N1CCc2c(-c3cccc(C(=O)O)c3)ccc(CNC(=O)[C@H]3C[C@@H]3c3ccccc3)c2C1. The van der Waals surface area contributed by atoms with Crippen LogP contribution in [0.4, 0.5) is 0 Å². The molecule has 0 saturated heterocycles. The summed E-state index contributed by atoms with van der Waals surface area (Å²) in [6, 6.07) is 21.0. The van der Waals surface area contributed by atoms with E-state index in [1.54, 1.807) is 23.1 Å². The first-order valence-corrected chi connectivity index (χ1v) is 14.4. The van der Waals surface area contributed by atoms with Gasteiger partial charge in [0.15, 0.2) is 5.76 Å². The molecule has 8 nitrogen and oxygen atoms in total. The second-order valence-corrected chi connectivity index (χ2v) is 11.4. The van der Waals surface area contributed by atoms with Crippen molar-refractivity contribution in [1.82, 2.24) is 15.4 Å². The Morgan fingerprint density at radius 1 is 1.05 bits per heavy atom. The van der Waals surface area contributed by atoms with Crippen LogP contribution in [-0.4, -0.2) is 39.5 Å². The number of rotatable bonds is 8. The third-order valence-corrected chi connectivity index (χ3v) is 8.38. The van der Waals surface area contributed by atoms with E-state index in [-0.39, 0.29) is 35.1 Å². The molecule has 1 aliphatic heterocycles. The zero-order chi connectivity index (χ0) is 29.4. The summed E-state index contributed by atoms with van der Waals surface area (Å²) >= 11 is 0. The molecule has 0 spiro atoms. The van der Waals surface area contributed by atoms with E-state index in [1.807, 2.05) is 50.2 Å². The third-order valence-electron chi connectivity index (χ3n) is 8.38. The highest BCUT2D eigenvalue weighted by Gasteiger charge is 2.43. The van der Waals surface area contributed by atoms with E-state index in [0.717, 1.165) is 34.2 Å². The average molecular weight is 564 g/mol. The van der Waals surface area contributed by atoms with Gasteiger partial charge in [0.2, 0.25) is 5.91 Å². The monoisotopic (exact) mass is 563 g/mol. The van der Waals surface area contributed by atoms with E-state index < -0.39 is 5.97 Å². The van der Waals surface area contributed by atoms with Crippen LogP contribution in [0.25, 0.3) is 11.1 Å². The number of aromatic nitrogens is 1. The first kappa shape index (κ1) is 27.4. The molecule has 4 aromatic rings. The highest BCUT2D eigenvalue weighted by Crippen LogP contribution is 2.47. The molecule has 3 aromatic carbocycles. The van der Waals surface area contributed by atoms with Crippen LogP contribution in [0.5, 0.6) is 0 Å². The maximum absolute atomic E-state index is 13.6. The van der Waals surface area contributed by atoms with Gasteiger partial charge in [0, 0.05) is 31.5 Å². The van der Waals surface area contributed by atoms with Gasteiger partial charge in [0.05, 0.1) is 11.8 Å². The van der Waals surface area contributed by atoms with E-state index in [1.165, 1.54) is 11.8 Å². The molecule has 8 heteroatoms. The summed E-state index contributed by atoms with van der Waals surface area (Å²) in [5, 5.41) is 16.6. The molecule has 1 aromatic heterocycles. The maximum Gasteiger partial charge on any atom is 0.335 e. The topological polar surface area (TPSA) is 113 Å². The molecule has 2 aliphatic rings. The lowest BCUT2D eigenvalue weighted by atomic mass is 9.87. The van der Waals surface area contributed by atoms with E-state index in [0.29, 0.717) is 37.4 Å². The molecule has 2 heterocycles. The molecule has 1 aliphatic carbocycles. The Hall–Kier alpha value is -4.72. The summed E-state index contributed by atoms with van der Waals surface area (Å²) in [5.74, 6) is -0.295. The largest absolute Gasteiger partial charge is 0.478 e. The minimum Gasteiger partial charge on any atom is -0.478 e. The summed E-state index contributed by atoms with van der Waals surface area (Å²) in [5.41, 5.74) is 6.61. The summed E-state index contributed by atoms with van der Waals surface area (Å²) in [7, 11) is 0. The molecule has 42 heavy (non-hydrogen) atoms. The Bertz CT molecular complexity index is 1660. The molecular formula is C34H33N3O5. The van der Waals surface area contributed by atoms with Gasteiger partial charge in [-0.1, -0.05) is 73.6 Å². The second kappa shape index (κ2) is 11.3. The van der Waals surface area contributed by atoms with Gasteiger partial charge in [-0.05, 0) is 64.3 Å². The number of hydrogen-bond donors (Lipinski definition) is 2.